The summed E-state index contributed by atoms with van der Waals surface area (Å²) >= 11 is 0. The predicted molar refractivity (Wildman–Crippen MR) is 43.6 cm³/mol. The molecule has 0 amide bonds. The van der Waals surface area contributed by atoms with E-state index in [-0.39, 0.29) is 6.04 Å². The lowest BCUT2D eigenvalue weighted by atomic mass is 10.3. The molecule has 0 radical (unpaired) electrons. The van der Waals surface area contributed by atoms with Gasteiger partial charge >= 0.3 is 0 Å². The van der Waals surface area contributed by atoms with Crippen LogP contribution in [0.25, 0.3) is 0 Å². The molecule has 0 aromatic carbocycles. The van der Waals surface area contributed by atoms with Gasteiger partial charge in [-0.1, -0.05) is 6.08 Å². The molecule has 10 heavy (non-hydrogen) atoms. The summed E-state index contributed by atoms with van der Waals surface area (Å²) in [5.74, 6) is 0.845. The minimum Gasteiger partial charge on any atom is -0.497 e. The summed E-state index contributed by atoms with van der Waals surface area (Å²) in [4.78, 5) is 0. The molecule has 2 heteroatoms. The van der Waals surface area contributed by atoms with Gasteiger partial charge in [-0.2, -0.15) is 0 Å². The first kappa shape index (κ1) is 9.24. The van der Waals surface area contributed by atoms with Crippen molar-refractivity contribution in [2.45, 2.75) is 19.9 Å². The SMILES string of the molecule is C/C=C(\C=C/C(C)N)OC. The molecule has 0 aliphatic heterocycles. The average Bonchev–Trinajstić information content (AvgIpc) is 1.90. The summed E-state index contributed by atoms with van der Waals surface area (Å²) in [5.41, 5.74) is 5.48. The topological polar surface area (TPSA) is 35.2 Å². The van der Waals surface area contributed by atoms with Crippen LogP contribution < -0.4 is 5.73 Å². The Balaban J connectivity index is 3.86. The highest BCUT2D eigenvalue weighted by atomic mass is 16.5. The normalized spacial score (nSPS) is 15.8. The molecule has 0 aliphatic rings. The molecule has 0 saturated carbocycles. The molecule has 1 unspecified atom stereocenters. The standard InChI is InChI=1S/C8H15NO/c1-4-8(10-3)6-5-7(2)9/h4-7H,9H2,1-3H3/b6-5-,8-4+. The van der Waals surface area contributed by atoms with E-state index in [1.807, 2.05) is 32.1 Å². The van der Waals surface area contributed by atoms with Crippen LogP contribution >= 0.6 is 0 Å². The van der Waals surface area contributed by atoms with Gasteiger partial charge in [-0.3, -0.25) is 0 Å². The van der Waals surface area contributed by atoms with E-state index in [0.29, 0.717) is 0 Å². The maximum atomic E-state index is 5.48. The zero-order valence-corrected chi connectivity index (χ0v) is 6.79. The molecule has 0 aromatic rings. The first-order valence-corrected chi connectivity index (χ1v) is 3.34. The third kappa shape index (κ3) is 4.15. The van der Waals surface area contributed by atoms with Gasteiger partial charge in [0.05, 0.1) is 7.11 Å². The van der Waals surface area contributed by atoms with Crippen LogP contribution in [0.1, 0.15) is 13.8 Å². The van der Waals surface area contributed by atoms with Crippen LogP contribution in [-0.2, 0) is 4.74 Å². The average molecular weight is 141 g/mol. The molecule has 2 N–H and O–H groups in total. The molecule has 0 heterocycles. The minimum atomic E-state index is 0.0881. The summed E-state index contributed by atoms with van der Waals surface area (Å²) < 4.78 is 4.97. The minimum absolute atomic E-state index is 0.0881. The number of methoxy groups -OCH3 is 1. The second kappa shape index (κ2) is 5.06. The Hall–Kier alpha value is -0.760. The fraction of sp³-hybridized carbons (Fsp3) is 0.500. The van der Waals surface area contributed by atoms with Crippen molar-refractivity contribution >= 4 is 0 Å². The summed E-state index contributed by atoms with van der Waals surface area (Å²) in [6.07, 6.45) is 5.64. The monoisotopic (exact) mass is 141 g/mol. The largest absolute Gasteiger partial charge is 0.497 e. The molecule has 58 valence electrons. The van der Waals surface area contributed by atoms with Crippen molar-refractivity contribution in [3.63, 3.8) is 0 Å². The Bertz CT molecular complexity index is 136. The first-order chi connectivity index (χ1) is 4.70. The molecule has 0 aromatic heterocycles. The smallest absolute Gasteiger partial charge is 0.114 e. The van der Waals surface area contributed by atoms with Gasteiger partial charge in [0.1, 0.15) is 5.76 Å². The van der Waals surface area contributed by atoms with Gasteiger partial charge in [0, 0.05) is 6.04 Å². The number of ether oxygens (including phenoxy) is 1. The summed E-state index contributed by atoms with van der Waals surface area (Å²) in [5, 5.41) is 0. The second-order valence-electron chi connectivity index (χ2n) is 2.11. The van der Waals surface area contributed by atoms with E-state index in [4.69, 9.17) is 10.5 Å². The highest BCUT2D eigenvalue weighted by molar-refractivity contribution is 5.12. The van der Waals surface area contributed by atoms with Gasteiger partial charge in [-0.25, -0.2) is 0 Å². The zero-order valence-electron chi connectivity index (χ0n) is 6.79. The van der Waals surface area contributed by atoms with E-state index in [9.17, 15) is 0 Å². The van der Waals surface area contributed by atoms with Crippen LogP contribution in [0.5, 0.6) is 0 Å². The summed E-state index contributed by atoms with van der Waals surface area (Å²) in [7, 11) is 1.64. The van der Waals surface area contributed by atoms with Crippen molar-refractivity contribution in [2.75, 3.05) is 7.11 Å². The van der Waals surface area contributed by atoms with Crippen molar-refractivity contribution in [3.8, 4) is 0 Å². The van der Waals surface area contributed by atoms with E-state index >= 15 is 0 Å². The van der Waals surface area contributed by atoms with Crippen LogP contribution in [0.15, 0.2) is 24.0 Å². The molecule has 0 saturated heterocycles. The molecule has 0 fully saturated rings. The van der Waals surface area contributed by atoms with Crippen molar-refractivity contribution < 1.29 is 4.74 Å². The Morgan fingerprint density at radius 3 is 2.50 bits per heavy atom. The van der Waals surface area contributed by atoms with E-state index in [0.717, 1.165) is 5.76 Å². The maximum absolute atomic E-state index is 5.48. The van der Waals surface area contributed by atoms with Crippen molar-refractivity contribution in [1.29, 1.82) is 0 Å². The van der Waals surface area contributed by atoms with Crippen LogP contribution in [0.2, 0.25) is 0 Å². The Morgan fingerprint density at radius 1 is 1.60 bits per heavy atom. The van der Waals surface area contributed by atoms with E-state index in [1.165, 1.54) is 0 Å². The summed E-state index contributed by atoms with van der Waals surface area (Å²) in [6, 6.07) is 0.0881. The first-order valence-electron chi connectivity index (χ1n) is 3.34. The zero-order chi connectivity index (χ0) is 7.98. The predicted octanol–water partition coefficient (Wildman–Crippen LogP) is 1.44. The molecule has 0 bridgehead atoms. The fourth-order valence-electron chi connectivity index (χ4n) is 0.529. The van der Waals surface area contributed by atoms with Crippen LogP contribution in [0, 0.1) is 0 Å². The number of hydrogen-bond donors (Lipinski definition) is 1. The van der Waals surface area contributed by atoms with Gasteiger partial charge in [0.25, 0.3) is 0 Å². The highest BCUT2D eigenvalue weighted by Gasteiger charge is 1.86. The van der Waals surface area contributed by atoms with E-state index in [2.05, 4.69) is 0 Å². The van der Waals surface area contributed by atoms with Crippen molar-refractivity contribution in [3.05, 3.63) is 24.0 Å². The second-order valence-corrected chi connectivity index (χ2v) is 2.11. The molecule has 0 rings (SSSR count). The number of allylic oxidation sites excluding steroid dienone is 2. The van der Waals surface area contributed by atoms with Gasteiger partial charge in [0.15, 0.2) is 0 Å². The third-order valence-electron chi connectivity index (χ3n) is 1.08. The van der Waals surface area contributed by atoms with Gasteiger partial charge in [-0.15, -0.1) is 0 Å². The lowest BCUT2D eigenvalue weighted by Crippen LogP contribution is -2.10. The Morgan fingerprint density at radius 2 is 2.20 bits per heavy atom. The van der Waals surface area contributed by atoms with Crippen LogP contribution in [-0.4, -0.2) is 13.2 Å². The molecule has 2 nitrogen and oxygen atoms in total. The molecular formula is C8H15NO. The maximum Gasteiger partial charge on any atom is 0.114 e. The fourth-order valence-corrected chi connectivity index (χ4v) is 0.529. The van der Waals surface area contributed by atoms with Crippen LogP contribution in [0.3, 0.4) is 0 Å². The number of hydrogen-bond acceptors (Lipinski definition) is 2. The highest BCUT2D eigenvalue weighted by Crippen LogP contribution is 1.96. The van der Waals surface area contributed by atoms with Crippen molar-refractivity contribution in [1.82, 2.24) is 0 Å². The van der Waals surface area contributed by atoms with Crippen molar-refractivity contribution in [2.24, 2.45) is 5.73 Å². The van der Waals surface area contributed by atoms with Gasteiger partial charge < -0.3 is 10.5 Å². The summed E-state index contributed by atoms with van der Waals surface area (Å²) in [6.45, 7) is 3.84. The molecule has 0 aliphatic carbocycles. The number of nitrogens with two attached hydrogens (primary N) is 1. The van der Waals surface area contributed by atoms with Gasteiger partial charge in [0.2, 0.25) is 0 Å². The lowest BCUT2D eigenvalue weighted by molar-refractivity contribution is 0.306. The molecular weight excluding hydrogens is 126 g/mol. The number of rotatable bonds is 3. The third-order valence-corrected chi connectivity index (χ3v) is 1.08. The molecule has 0 spiro atoms. The quantitative estimate of drug-likeness (QED) is 0.477. The van der Waals surface area contributed by atoms with E-state index < -0.39 is 0 Å². The molecule has 1 atom stereocenters. The Kier molecular flexibility index (Phi) is 4.67. The Labute approximate surface area is 62.4 Å². The van der Waals surface area contributed by atoms with E-state index in [1.54, 1.807) is 7.11 Å². The lowest BCUT2D eigenvalue weighted by Gasteiger charge is -1.98. The van der Waals surface area contributed by atoms with Crippen LogP contribution in [0.4, 0.5) is 0 Å². The van der Waals surface area contributed by atoms with Gasteiger partial charge in [-0.05, 0) is 26.0 Å².